The number of fused-ring (bicyclic) bond motifs is 2. The number of ether oxygens (including phenoxy) is 2. The van der Waals surface area contributed by atoms with Crippen molar-refractivity contribution < 1.29 is 14.3 Å². The van der Waals surface area contributed by atoms with Crippen molar-refractivity contribution in [2.24, 2.45) is 0 Å². The standard InChI is InChI=1S/C26H25N5O3/c1-2-27-21-14-20(18-7-10-23-24(13-18)34-12-11-33-23)30-31-22(15-28-25(21)31)16-3-5-17(6-4-16)26(32)29-19-8-9-19/h3-7,10,13-15,19,27H,2,8-9,11-12H2,1H3,(H,29,32). The van der Waals surface area contributed by atoms with Crippen molar-refractivity contribution in [1.29, 1.82) is 0 Å². The van der Waals surface area contributed by atoms with Gasteiger partial charge in [0.25, 0.3) is 5.91 Å². The summed E-state index contributed by atoms with van der Waals surface area (Å²) in [5, 5.41) is 11.3. The van der Waals surface area contributed by atoms with Crippen LogP contribution in [0.15, 0.2) is 54.7 Å². The Morgan fingerprint density at radius 1 is 1.03 bits per heavy atom. The van der Waals surface area contributed by atoms with Crippen LogP contribution < -0.4 is 20.1 Å². The van der Waals surface area contributed by atoms with Gasteiger partial charge in [0.2, 0.25) is 0 Å². The van der Waals surface area contributed by atoms with E-state index in [2.05, 4.69) is 22.5 Å². The maximum atomic E-state index is 12.4. The first-order chi connectivity index (χ1) is 16.7. The Morgan fingerprint density at radius 3 is 2.56 bits per heavy atom. The minimum absolute atomic E-state index is 0.0272. The maximum absolute atomic E-state index is 12.4. The summed E-state index contributed by atoms with van der Waals surface area (Å²) >= 11 is 0. The third kappa shape index (κ3) is 3.81. The first-order valence-corrected chi connectivity index (χ1v) is 11.6. The molecule has 0 atom stereocenters. The van der Waals surface area contributed by atoms with Gasteiger partial charge in [-0.15, -0.1) is 0 Å². The molecule has 2 aromatic carbocycles. The van der Waals surface area contributed by atoms with E-state index in [1.54, 1.807) is 0 Å². The Balaban J connectivity index is 1.40. The van der Waals surface area contributed by atoms with Crippen LogP contribution in [0.4, 0.5) is 5.69 Å². The fraction of sp³-hybridized carbons (Fsp3) is 0.269. The summed E-state index contributed by atoms with van der Waals surface area (Å²) in [6.45, 7) is 3.90. The normalized spacial score (nSPS) is 14.7. The molecule has 8 heteroatoms. The maximum Gasteiger partial charge on any atom is 0.251 e. The molecule has 2 N–H and O–H groups in total. The van der Waals surface area contributed by atoms with E-state index in [0.29, 0.717) is 24.8 Å². The van der Waals surface area contributed by atoms with Crippen LogP contribution in [0.2, 0.25) is 0 Å². The molecule has 3 heterocycles. The lowest BCUT2D eigenvalue weighted by Gasteiger charge is -2.19. The Bertz CT molecular complexity index is 1380. The van der Waals surface area contributed by atoms with Crippen molar-refractivity contribution in [3.63, 3.8) is 0 Å². The zero-order valence-electron chi connectivity index (χ0n) is 18.9. The molecule has 8 nitrogen and oxygen atoms in total. The minimum atomic E-state index is -0.0272. The number of anilines is 1. The molecular weight excluding hydrogens is 430 g/mol. The summed E-state index contributed by atoms with van der Waals surface area (Å²) < 4.78 is 13.3. The molecule has 1 aliphatic heterocycles. The monoisotopic (exact) mass is 455 g/mol. The van der Waals surface area contributed by atoms with Gasteiger partial charge >= 0.3 is 0 Å². The van der Waals surface area contributed by atoms with Crippen molar-refractivity contribution in [3.05, 3.63) is 60.3 Å². The molecule has 2 aromatic heterocycles. The number of nitrogens with zero attached hydrogens (tertiary/aromatic N) is 3. The Kier molecular flexibility index (Phi) is 5.05. The molecule has 0 saturated heterocycles. The predicted octanol–water partition coefficient (Wildman–Crippen LogP) is 4.16. The van der Waals surface area contributed by atoms with E-state index in [-0.39, 0.29) is 5.91 Å². The second-order valence-corrected chi connectivity index (χ2v) is 8.54. The van der Waals surface area contributed by atoms with E-state index >= 15 is 0 Å². The number of hydrogen-bond acceptors (Lipinski definition) is 6. The summed E-state index contributed by atoms with van der Waals surface area (Å²) in [4.78, 5) is 17.0. The van der Waals surface area contributed by atoms with Crippen molar-refractivity contribution in [3.8, 4) is 34.0 Å². The van der Waals surface area contributed by atoms with Gasteiger partial charge in [0.15, 0.2) is 17.1 Å². The highest BCUT2D eigenvalue weighted by atomic mass is 16.6. The number of nitrogens with one attached hydrogen (secondary N) is 2. The van der Waals surface area contributed by atoms with E-state index in [1.807, 2.05) is 59.2 Å². The van der Waals surface area contributed by atoms with Gasteiger partial charge in [0, 0.05) is 29.3 Å². The average Bonchev–Trinajstić information content (AvgIpc) is 3.58. The van der Waals surface area contributed by atoms with Crippen molar-refractivity contribution in [2.75, 3.05) is 25.1 Å². The van der Waals surface area contributed by atoms with Gasteiger partial charge in [0.05, 0.1) is 23.3 Å². The number of benzene rings is 2. The molecule has 1 saturated carbocycles. The Morgan fingerprint density at radius 2 is 1.79 bits per heavy atom. The lowest BCUT2D eigenvalue weighted by Crippen LogP contribution is -2.25. The molecule has 1 amide bonds. The van der Waals surface area contributed by atoms with E-state index < -0.39 is 0 Å². The molecule has 6 rings (SSSR count). The van der Waals surface area contributed by atoms with Crippen LogP contribution in [0, 0.1) is 0 Å². The molecule has 1 fully saturated rings. The zero-order chi connectivity index (χ0) is 23.1. The van der Waals surface area contributed by atoms with Crippen LogP contribution in [-0.2, 0) is 0 Å². The molecular formula is C26H25N5O3. The van der Waals surface area contributed by atoms with E-state index in [0.717, 1.165) is 64.7 Å². The number of rotatable bonds is 6. The van der Waals surface area contributed by atoms with Gasteiger partial charge in [0.1, 0.15) is 13.2 Å². The first-order valence-electron chi connectivity index (χ1n) is 11.6. The zero-order valence-corrected chi connectivity index (χ0v) is 18.9. The van der Waals surface area contributed by atoms with Crippen LogP contribution in [0.25, 0.3) is 28.2 Å². The lowest BCUT2D eigenvalue weighted by atomic mass is 10.1. The van der Waals surface area contributed by atoms with Gasteiger partial charge in [-0.3, -0.25) is 4.79 Å². The summed E-state index contributed by atoms with van der Waals surface area (Å²) in [6.07, 6.45) is 3.95. The van der Waals surface area contributed by atoms with Crippen LogP contribution in [0.3, 0.4) is 0 Å². The number of hydrogen-bond donors (Lipinski definition) is 2. The topological polar surface area (TPSA) is 89.8 Å². The average molecular weight is 456 g/mol. The van der Waals surface area contributed by atoms with E-state index in [9.17, 15) is 4.79 Å². The highest BCUT2D eigenvalue weighted by molar-refractivity contribution is 5.95. The highest BCUT2D eigenvalue weighted by Crippen LogP contribution is 2.35. The van der Waals surface area contributed by atoms with Gasteiger partial charge in [-0.2, -0.15) is 5.10 Å². The van der Waals surface area contributed by atoms with Crippen LogP contribution in [-0.4, -0.2) is 46.3 Å². The molecule has 0 spiro atoms. The minimum Gasteiger partial charge on any atom is -0.486 e. The molecule has 34 heavy (non-hydrogen) atoms. The number of imidazole rings is 1. The van der Waals surface area contributed by atoms with Crippen molar-refractivity contribution >= 4 is 17.2 Å². The number of amides is 1. The largest absolute Gasteiger partial charge is 0.486 e. The molecule has 1 aliphatic carbocycles. The van der Waals surface area contributed by atoms with Gasteiger partial charge < -0.3 is 20.1 Å². The second kappa shape index (κ2) is 8.37. The SMILES string of the molecule is CCNc1cc(-c2ccc3c(c2)OCCO3)nn2c(-c3ccc(C(=O)NC4CC4)cc3)cnc12. The number of carbonyl (C=O) groups excluding carboxylic acids is 1. The second-order valence-electron chi connectivity index (χ2n) is 8.54. The summed E-state index contributed by atoms with van der Waals surface area (Å²) in [7, 11) is 0. The third-order valence-corrected chi connectivity index (χ3v) is 6.03. The molecule has 0 unspecified atom stereocenters. The summed E-state index contributed by atoms with van der Waals surface area (Å²) in [5.41, 5.74) is 5.80. The van der Waals surface area contributed by atoms with E-state index in [1.165, 1.54) is 0 Å². The van der Waals surface area contributed by atoms with Crippen LogP contribution >= 0.6 is 0 Å². The predicted molar refractivity (Wildman–Crippen MR) is 130 cm³/mol. The summed E-state index contributed by atoms with van der Waals surface area (Å²) in [5.74, 6) is 1.44. The summed E-state index contributed by atoms with van der Waals surface area (Å²) in [6, 6.07) is 15.8. The number of carbonyl (C=O) groups is 1. The highest BCUT2D eigenvalue weighted by Gasteiger charge is 2.24. The fourth-order valence-electron chi connectivity index (χ4n) is 4.12. The van der Waals surface area contributed by atoms with Crippen LogP contribution in [0.5, 0.6) is 11.5 Å². The first kappa shape index (κ1) is 20.5. The van der Waals surface area contributed by atoms with Gasteiger partial charge in [-0.25, -0.2) is 9.50 Å². The lowest BCUT2D eigenvalue weighted by molar-refractivity contribution is 0.0951. The third-order valence-electron chi connectivity index (χ3n) is 6.03. The van der Waals surface area contributed by atoms with Gasteiger partial charge in [-0.05, 0) is 56.2 Å². The number of aromatic nitrogens is 3. The molecule has 4 aromatic rings. The van der Waals surface area contributed by atoms with Crippen molar-refractivity contribution in [1.82, 2.24) is 19.9 Å². The van der Waals surface area contributed by atoms with Gasteiger partial charge in [-0.1, -0.05) is 12.1 Å². The Labute approximate surface area is 196 Å². The molecule has 172 valence electrons. The van der Waals surface area contributed by atoms with Crippen LogP contribution in [0.1, 0.15) is 30.1 Å². The molecule has 0 radical (unpaired) electrons. The Hall–Kier alpha value is -4.07. The fourth-order valence-corrected chi connectivity index (χ4v) is 4.12. The molecule has 2 aliphatic rings. The van der Waals surface area contributed by atoms with Crippen molar-refractivity contribution in [2.45, 2.75) is 25.8 Å². The van der Waals surface area contributed by atoms with E-state index in [4.69, 9.17) is 14.6 Å². The molecule has 0 bridgehead atoms. The smallest absolute Gasteiger partial charge is 0.251 e. The quantitative estimate of drug-likeness (QED) is 0.454.